The van der Waals surface area contributed by atoms with Crippen LogP contribution in [-0.4, -0.2) is 15.2 Å². The van der Waals surface area contributed by atoms with Gasteiger partial charge >= 0.3 is 0 Å². The molecule has 0 aliphatic rings. The highest BCUT2D eigenvalue weighted by Gasteiger charge is 2.10. The number of halogens is 2. The van der Waals surface area contributed by atoms with E-state index in [9.17, 15) is 13.6 Å². The van der Waals surface area contributed by atoms with Crippen molar-refractivity contribution in [3.05, 3.63) is 63.9 Å². The molecule has 3 rings (SSSR count). The summed E-state index contributed by atoms with van der Waals surface area (Å²) in [5.74, 6) is -2.00. The lowest BCUT2D eigenvalue weighted by atomic mass is 10.1. The first-order valence-corrected chi connectivity index (χ1v) is 7.39. The summed E-state index contributed by atoms with van der Waals surface area (Å²) in [5.41, 5.74) is 1.55. The Labute approximate surface area is 129 Å². The predicted molar refractivity (Wildman–Crippen MR) is 82.3 cm³/mol. The molecule has 0 unspecified atom stereocenters. The van der Waals surface area contributed by atoms with Gasteiger partial charge < -0.3 is 0 Å². The van der Waals surface area contributed by atoms with E-state index < -0.39 is 17.4 Å². The molecule has 1 aromatic carbocycles. The average Bonchev–Trinajstić information content (AvgIpc) is 2.90. The van der Waals surface area contributed by atoms with Crippen LogP contribution < -0.4 is 0 Å². The largest absolute Gasteiger partial charge is 0.290 e. The first-order chi connectivity index (χ1) is 10.4. The van der Waals surface area contributed by atoms with E-state index in [1.54, 1.807) is 17.4 Å². The molecule has 0 aliphatic carbocycles. The Bertz CT molecular complexity index is 888. The van der Waals surface area contributed by atoms with E-state index in [1.165, 1.54) is 6.08 Å². The van der Waals surface area contributed by atoms with E-state index in [1.807, 2.05) is 24.4 Å². The van der Waals surface area contributed by atoms with Gasteiger partial charge in [-0.3, -0.25) is 9.20 Å². The number of hydrogen-bond acceptors (Lipinski definition) is 3. The summed E-state index contributed by atoms with van der Waals surface area (Å²) >= 11 is 1.56. The van der Waals surface area contributed by atoms with Crippen molar-refractivity contribution in [1.82, 2.24) is 9.38 Å². The van der Waals surface area contributed by atoms with E-state index in [2.05, 4.69) is 4.98 Å². The second-order valence-electron chi connectivity index (χ2n) is 4.93. The molecule has 0 saturated heterocycles. The third-order valence-electron chi connectivity index (χ3n) is 3.20. The van der Waals surface area contributed by atoms with Crippen molar-refractivity contribution in [3.8, 4) is 0 Å². The minimum atomic E-state index is -0.770. The number of allylic oxidation sites excluding steroid dienone is 1. The summed E-state index contributed by atoms with van der Waals surface area (Å²) in [6.07, 6.45) is 4.86. The smallest absolute Gasteiger partial charge is 0.194 e. The van der Waals surface area contributed by atoms with Gasteiger partial charge in [0, 0.05) is 22.7 Å². The second-order valence-corrected chi connectivity index (χ2v) is 6.15. The Balaban J connectivity index is 1.95. The molecule has 2 aromatic heterocycles. The van der Waals surface area contributed by atoms with Crippen molar-refractivity contribution in [1.29, 1.82) is 0 Å². The molecule has 3 nitrogen and oxygen atoms in total. The molecule has 2 heterocycles. The maximum absolute atomic E-state index is 13.1. The number of aryl methyl sites for hydroxylation is 2. The zero-order chi connectivity index (χ0) is 15.9. The fourth-order valence-electron chi connectivity index (χ4n) is 2.23. The first kappa shape index (κ1) is 14.6. The number of carbonyl (C=O) groups is 1. The van der Waals surface area contributed by atoms with Crippen LogP contribution in [0.25, 0.3) is 11.0 Å². The van der Waals surface area contributed by atoms with E-state index in [-0.39, 0.29) is 5.56 Å². The van der Waals surface area contributed by atoms with Crippen LogP contribution in [0.4, 0.5) is 8.78 Å². The minimum Gasteiger partial charge on any atom is -0.290 e. The van der Waals surface area contributed by atoms with Gasteiger partial charge in [-0.1, -0.05) is 0 Å². The van der Waals surface area contributed by atoms with Crippen LogP contribution in [0.15, 0.2) is 30.5 Å². The molecular formula is C16H12F2N2OS. The van der Waals surface area contributed by atoms with Crippen molar-refractivity contribution >= 4 is 28.2 Å². The molecule has 0 radical (unpaired) electrons. The van der Waals surface area contributed by atoms with Crippen molar-refractivity contribution < 1.29 is 13.6 Å². The van der Waals surface area contributed by atoms with Crippen LogP contribution in [0, 0.1) is 25.5 Å². The van der Waals surface area contributed by atoms with Gasteiger partial charge in [0.05, 0.1) is 11.4 Å². The number of fused-ring (bicyclic) bond motifs is 1. The van der Waals surface area contributed by atoms with Gasteiger partial charge in [-0.25, -0.2) is 13.8 Å². The van der Waals surface area contributed by atoms with E-state index >= 15 is 0 Å². The molecule has 6 heteroatoms. The Morgan fingerprint density at radius 2 is 1.91 bits per heavy atom. The van der Waals surface area contributed by atoms with E-state index in [0.29, 0.717) is 0 Å². The molecular weight excluding hydrogens is 306 g/mol. The summed E-state index contributed by atoms with van der Waals surface area (Å²) in [4.78, 5) is 18.4. The Hall–Kier alpha value is -2.34. The highest BCUT2D eigenvalue weighted by Crippen LogP contribution is 2.21. The molecule has 0 bridgehead atoms. The highest BCUT2D eigenvalue weighted by molar-refractivity contribution is 7.17. The number of carbonyl (C=O) groups excluding carboxylic acids is 1. The van der Waals surface area contributed by atoms with Crippen molar-refractivity contribution in [2.45, 2.75) is 13.8 Å². The van der Waals surface area contributed by atoms with Gasteiger partial charge in [0.25, 0.3) is 0 Å². The molecule has 0 fully saturated rings. The summed E-state index contributed by atoms with van der Waals surface area (Å²) in [7, 11) is 0. The zero-order valence-corrected chi connectivity index (χ0v) is 12.7. The minimum absolute atomic E-state index is 0.0198. The number of nitrogens with zero attached hydrogens (tertiary/aromatic N) is 2. The lowest BCUT2D eigenvalue weighted by molar-refractivity contribution is 0.104. The van der Waals surface area contributed by atoms with Crippen molar-refractivity contribution in [2.75, 3.05) is 0 Å². The molecule has 0 aliphatic heterocycles. The number of aromatic nitrogens is 2. The predicted octanol–water partition coefficient (Wildman–Crippen LogP) is 4.19. The van der Waals surface area contributed by atoms with Crippen LogP contribution >= 0.6 is 11.3 Å². The van der Waals surface area contributed by atoms with E-state index in [0.717, 1.165) is 39.4 Å². The molecule has 3 aromatic rings. The third-order valence-corrected chi connectivity index (χ3v) is 4.10. The van der Waals surface area contributed by atoms with Gasteiger partial charge in [0.1, 0.15) is 11.6 Å². The molecule has 0 spiro atoms. The molecule has 0 atom stereocenters. The molecule has 22 heavy (non-hydrogen) atoms. The Kier molecular flexibility index (Phi) is 3.62. The maximum atomic E-state index is 13.1. The van der Waals surface area contributed by atoms with Gasteiger partial charge in [-0.2, -0.15) is 0 Å². The number of rotatable bonds is 3. The fraction of sp³-hybridized carbons (Fsp3) is 0.125. The second kappa shape index (κ2) is 5.46. The van der Waals surface area contributed by atoms with Crippen LogP contribution in [0.2, 0.25) is 0 Å². The SMILES string of the molecule is Cc1cn2c(/C=C/C(=O)c3cc(F)cc(F)c3)c(C)nc2s1. The van der Waals surface area contributed by atoms with Gasteiger partial charge in [0.2, 0.25) is 0 Å². The summed E-state index contributed by atoms with van der Waals surface area (Å²) < 4.78 is 28.2. The average molecular weight is 318 g/mol. The van der Waals surface area contributed by atoms with Crippen LogP contribution in [-0.2, 0) is 0 Å². The monoisotopic (exact) mass is 318 g/mol. The summed E-state index contributed by atoms with van der Waals surface area (Å²) in [6.45, 7) is 3.82. The van der Waals surface area contributed by atoms with Crippen LogP contribution in [0.3, 0.4) is 0 Å². The van der Waals surface area contributed by atoms with Gasteiger partial charge in [-0.05, 0) is 38.1 Å². The lowest BCUT2D eigenvalue weighted by Crippen LogP contribution is -1.97. The molecule has 0 amide bonds. The first-order valence-electron chi connectivity index (χ1n) is 6.57. The Morgan fingerprint density at radius 3 is 2.59 bits per heavy atom. The molecule has 0 saturated carbocycles. The summed E-state index contributed by atoms with van der Waals surface area (Å²) in [6, 6.07) is 2.77. The van der Waals surface area contributed by atoms with Gasteiger partial charge in [-0.15, -0.1) is 11.3 Å². The van der Waals surface area contributed by atoms with Crippen molar-refractivity contribution in [3.63, 3.8) is 0 Å². The standard InChI is InChI=1S/C16H12F2N2OS/c1-9-8-20-14(10(2)19-16(20)22-9)3-4-15(21)11-5-12(17)7-13(18)6-11/h3-8H,1-2H3/b4-3+. The third kappa shape index (κ3) is 2.69. The number of imidazole rings is 1. The number of thiazole rings is 1. The highest BCUT2D eigenvalue weighted by atomic mass is 32.1. The lowest BCUT2D eigenvalue weighted by Gasteiger charge is -1.98. The number of benzene rings is 1. The topological polar surface area (TPSA) is 34.4 Å². The Morgan fingerprint density at radius 1 is 1.23 bits per heavy atom. The zero-order valence-electron chi connectivity index (χ0n) is 11.9. The van der Waals surface area contributed by atoms with E-state index in [4.69, 9.17) is 0 Å². The molecule has 112 valence electrons. The quantitative estimate of drug-likeness (QED) is 0.536. The fourth-order valence-corrected chi connectivity index (χ4v) is 3.11. The normalized spacial score (nSPS) is 11.6. The number of ketones is 1. The van der Waals surface area contributed by atoms with Crippen molar-refractivity contribution in [2.24, 2.45) is 0 Å². The summed E-state index contributed by atoms with van der Waals surface area (Å²) in [5, 5.41) is 0. The maximum Gasteiger partial charge on any atom is 0.194 e. The molecule has 0 N–H and O–H groups in total. The number of hydrogen-bond donors (Lipinski definition) is 0. The van der Waals surface area contributed by atoms with Crippen LogP contribution in [0.1, 0.15) is 26.6 Å². The van der Waals surface area contributed by atoms with Crippen LogP contribution in [0.5, 0.6) is 0 Å². The van der Waals surface area contributed by atoms with Gasteiger partial charge in [0.15, 0.2) is 10.7 Å².